The Morgan fingerprint density at radius 1 is 0.315 bits per heavy atom. The standard InChI is InChI=1S/C70H136O17P2/c1-9-63(8)49-41-33-25-16-13-14-18-28-36-44-52-69(74)86-65(56-80-67(72)50-42-34-26-17-12-10-11-15-22-30-38-46-60(2)3)58-84-88(76,77)82-54-64(71)55-83-89(78,79)85-59-66(87-70(75)53-45-37-29-21-24-32-40-48-62(6)7)57-81-68(73)51-43-35-27-20-19-23-31-39-47-61(4)5/h60-66,71H,9-59H2,1-8H3,(H,76,77)(H,78,79)/t63?,64?,65-,66-/m1/s1. The van der Waals surface area contributed by atoms with E-state index in [4.69, 9.17) is 37.0 Å². The Morgan fingerprint density at radius 3 is 0.798 bits per heavy atom. The van der Waals surface area contributed by atoms with Crippen molar-refractivity contribution in [2.45, 2.75) is 363 Å². The van der Waals surface area contributed by atoms with Gasteiger partial charge in [-0.2, -0.15) is 0 Å². The van der Waals surface area contributed by atoms with E-state index < -0.39 is 97.5 Å². The molecule has 3 N–H and O–H groups in total. The summed E-state index contributed by atoms with van der Waals surface area (Å²) >= 11 is 0. The smallest absolute Gasteiger partial charge is 0.462 e. The number of phosphoric acid groups is 2. The number of rotatable bonds is 67. The fourth-order valence-corrected chi connectivity index (χ4v) is 12.0. The highest BCUT2D eigenvalue weighted by Crippen LogP contribution is 2.45. The highest BCUT2D eigenvalue weighted by Gasteiger charge is 2.30. The molecule has 4 unspecified atom stereocenters. The van der Waals surface area contributed by atoms with Gasteiger partial charge in [0.2, 0.25) is 0 Å². The van der Waals surface area contributed by atoms with Gasteiger partial charge in [0.15, 0.2) is 12.2 Å². The number of carbonyl (C=O) groups is 4. The van der Waals surface area contributed by atoms with E-state index in [-0.39, 0.29) is 25.7 Å². The normalized spacial score (nSPS) is 14.6. The van der Waals surface area contributed by atoms with E-state index in [0.29, 0.717) is 31.6 Å². The Kier molecular flexibility index (Phi) is 58.5. The van der Waals surface area contributed by atoms with Crippen LogP contribution in [-0.4, -0.2) is 96.7 Å². The van der Waals surface area contributed by atoms with Gasteiger partial charge in [-0.15, -0.1) is 0 Å². The molecule has 89 heavy (non-hydrogen) atoms. The molecule has 528 valence electrons. The number of ether oxygens (including phenoxy) is 4. The summed E-state index contributed by atoms with van der Waals surface area (Å²) in [5, 5.41) is 10.6. The Bertz CT molecular complexity index is 1770. The Hall–Kier alpha value is -1.94. The van der Waals surface area contributed by atoms with Crippen molar-refractivity contribution in [1.29, 1.82) is 0 Å². The third kappa shape index (κ3) is 63.2. The van der Waals surface area contributed by atoms with Gasteiger partial charge in [0.25, 0.3) is 0 Å². The molecule has 0 fully saturated rings. The zero-order chi connectivity index (χ0) is 66.1. The minimum atomic E-state index is -4.95. The van der Waals surface area contributed by atoms with Crippen LogP contribution < -0.4 is 0 Å². The lowest BCUT2D eigenvalue weighted by Gasteiger charge is -2.21. The summed E-state index contributed by atoms with van der Waals surface area (Å²) in [5.74, 6) is 0.865. The van der Waals surface area contributed by atoms with E-state index >= 15 is 0 Å². The van der Waals surface area contributed by atoms with E-state index in [1.807, 2.05) is 0 Å². The average molecular weight is 1310 g/mol. The molecule has 0 saturated heterocycles. The molecule has 0 heterocycles. The van der Waals surface area contributed by atoms with Gasteiger partial charge < -0.3 is 33.8 Å². The van der Waals surface area contributed by atoms with Crippen molar-refractivity contribution in [3.8, 4) is 0 Å². The van der Waals surface area contributed by atoms with Crippen molar-refractivity contribution in [1.82, 2.24) is 0 Å². The van der Waals surface area contributed by atoms with Crippen LogP contribution in [0, 0.1) is 23.7 Å². The lowest BCUT2D eigenvalue weighted by Crippen LogP contribution is -2.30. The lowest BCUT2D eigenvalue weighted by atomic mass is 9.99. The average Bonchev–Trinajstić information content (AvgIpc) is 3.52. The molecule has 19 heteroatoms. The van der Waals surface area contributed by atoms with E-state index in [2.05, 4.69) is 55.4 Å². The van der Waals surface area contributed by atoms with Crippen LogP contribution in [0.1, 0.15) is 344 Å². The van der Waals surface area contributed by atoms with Gasteiger partial charge in [0.05, 0.1) is 26.4 Å². The predicted octanol–water partition coefficient (Wildman–Crippen LogP) is 19.7. The number of hydrogen-bond donors (Lipinski definition) is 3. The molecule has 0 aliphatic heterocycles. The SMILES string of the molecule is CCC(C)CCCCCCCCCCCCC(=O)O[C@H](COC(=O)CCCCCCCCCCCCCC(C)C)COP(=O)(O)OCC(O)COP(=O)(O)OC[C@@H](COC(=O)CCCCCCCCCCC(C)C)OC(=O)CCCCCCCCCC(C)C. The van der Waals surface area contributed by atoms with Crippen LogP contribution in [0.25, 0.3) is 0 Å². The fourth-order valence-electron chi connectivity index (χ4n) is 10.5. The van der Waals surface area contributed by atoms with Crippen LogP contribution in [0.5, 0.6) is 0 Å². The van der Waals surface area contributed by atoms with Crippen molar-refractivity contribution < 1.29 is 80.2 Å². The zero-order valence-electron chi connectivity index (χ0n) is 58.1. The first-order chi connectivity index (χ1) is 42.6. The van der Waals surface area contributed by atoms with Crippen LogP contribution in [-0.2, 0) is 65.4 Å². The van der Waals surface area contributed by atoms with Crippen molar-refractivity contribution in [2.75, 3.05) is 39.6 Å². The fraction of sp³-hybridized carbons (Fsp3) is 0.943. The van der Waals surface area contributed by atoms with E-state index in [0.717, 1.165) is 108 Å². The topological polar surface area (TPSA) is 237 Å². The van der Waals surface area contributed by atoms with Gasteiger partial charge in [-0.25, -0.2) is 9.13 Å². The van der Waals surface area contributed by atoms with Gasteiger partial charge in [0.1, 0.15) is 19.3 Å². The summed E-state index contributed by atoms with van der Waals surface area (Å²) in [4.78, 5) is 72.5. The maximum absolute atomic E-state index is 13.0. The largest absolute Gasteiger partial charge is 0.472 e. The molecule has 0 aromatic rings. The number of carbonyl (C=O) groups excluding carboxylic acids is 4. The molecule has 0 amide bonds. The van der Waals surface area contributed by atoms with Gasteiger partial charge in [-0.05, 0) is 49.4 Å². The number of esters is 4. The Labute approximate surface area is 543 Å². The van der Waals surface area contributed by atoms with Crippen molar-refractivity contribution >= 4 is 39.5 Å². The lowest BCUT2D eigenvalue weighted by molar-refractivity contribution is -0.161. The number of phosphoric ester groups is 2. The molecule has 0 spiro atoms. The van der Waals surface area contributed by atoms with Crippen LogP contribution in [0.15, 0.2) is 0 Å². The molecule has 6 atom stereocenters. The number of aliphatic hydroxyl groups excluding tert-OH is 1. The highest BCUT2D eigenvalue weighted by atomic mass is 31.2. The molecular formula is C70H136O17P2. The van der Waals surface area contributed by atoms with Crippen molar-refractivity contribution in [2.24, 2.45) is 23.7 Å². The first-order valence-electron chi connectivity index (χ1n) is 36.2. The molecule has 0 aliphatic rings. The third-order valence-corrected chi connectivity index (χ3v) is 18.3. The van der Waals surface area contributed by atoms with Gasteiger partial charge in [-0.3, -0.25) is 37.3 Å². The molecule has 0 radical (unpaired) electrons. The van der Waals surface area contributed by atoms with Gasteiger partial charge in [0, 0.05) is 25.7 Å². The molecule has 0 rings (SSSR count). The molecule has 0 aliphatic carbocycles. The van der Waals surface area contributed by atoms with Gasteiger partial charge in [-0.1, -0.05) is 293 Å². The minimum Gasteiger partial charge on any atom is -0.462 e. The second-order valence-electron chi connectivity index (χ2n) is 26.9. The summed E-state index contributed by atoms with van der Waals surface area (Å²) in [6, 6.07) is 0. The second-order valence-corrected chi connectivity index (χ2v) is 29.8. The van der Waals surface area contributed by atoms with Crippen LogP contribution in [0.3, 0.4) is 0 Å². The predicted molar refractivity (Wildman–Crippen MR) is 358 cm³/mol. The molecule has 17 nitrogen and oxygen atoms in total. The Morgan fingerprint density at radius 2 is 0.539 bits per heavy atom. The molecule has 0 aromatic heterocycles. The third-order valence-electron chi connectivity index (χ3n) is 16.4. The first-order valence-corrected chi connectivity index (χ1v) is 39.2. The maximum Gasteiger partial charge on any atom is 0.472 e. The van der Waals surface area contributed by atoms with Crippen LogP contribution in [0.2, 0.25) is 0 Å². The number of aliphatic hydroxyl groups is 1. The summed E-state index contributed by atoms with van der Waals surface area (Å²) in [6.45, 7) is 14.1. The summed E-state index contributed by atoms with van der Waals surface area (Å²) in [6.07, 6.45) is 41.7. The highest BCUT2D eigenvalue weighted by molar-refractivity contribution is 7.47. The van der Waals surface area contributed by atoms with Crippen molar-refractivity contribution in [3.63, 3.8) is 0 Å². The van der Waals surface area contributed by atoms with Crippen molar-refractivity contribution in [3.05, 3.63) is 0 Å². The Balaban J connectivity index is 5.26. The summed E-state index contributed by atoms with van der Waals surface area (Å²) in [5.41, 5.74) is 0. The van der Waals surface area contributed by atoms with Crippen LogP contribution >= 0.6 is 15.6 Å². The molecule has 0 aromatic carbocycles. The first kappa shape index (κ1) is 87.1. The summed E-state index contributed by atoms with van der Waals surface area (Å²) in [7, 11) is -9.90. The molecular weight excluding hydrogens is 1170 g/mol. The molecule has 0 saturated carbocycles. The van der Waals surface area contributed by atoms with E-state index in [9.17, 15) is 43.2 Å². The number of hydrogen-bond acceptors (Lipinski definition) is 15. The summed E-state index contributed by atoms with van der Waals surface area (Å²) < 4.78 is 68.3. The maximum atomic E-state index is 13.0. The van der Waals surface area contributed by atoms with Crippen LogP contribution in [0.4, 0.5) is 0 Å². The number of unbranched alkanes of at least 4 members (excludes halogenated alkanes) is 32. The van der Waals surface area contributed by atoms with E-state index in [1.165, 1.54) is 148 Å². The zero-order valence-corrected chi connectivity index (χ0v) is 59.8. The van der Waals surface area contributed by atoms with E-state index in [1.54, 1.807) is 0 Å². The second kappa shape index (κ2) is 59.8. The molecule has 0 bridgehead atoms. The van der Waals surface area contributed by atoms with Gasteiger partial charge >= 0.3 is 39.5 Å². The minimum absolute atomic E-state index is 0.102. The monoisotopic (exact) mass is 1310 g/mol. The quantitative estimate of drug-likeness (QED) is 0.0222.